The number of rotatable bonds is 10. The van der Waals surface area contributed by atoms with Crippen LogP contribution in [0.3, 0.4) is 0 Å². The Morgan fingerprint density at radius 1 is 1.23 bits per heavy atom. The number of hydrogen-bond acceptors (Lipinski definition) is 4. The van der Waals surface area contributed by atoms with Crippen molar-refractivity contribution in [3.8, 4) is 6.07 Å². The summed E-state index contributed by atoms with van der Waals surface area (Å²) in [7, 11) is 1.64. The number of halogens is 1. The molecule has 0 spiro atoms. The number of aryl methyl sites for hydroxylation is 1. The van der Waals surface area contributed by atoms with Crippen LogP contribution in [0.4, 0.5) is 4.39 Å². The third-order valence-electron chi connectivity index (χ3n) is 4.78. The maximum absolute atomic E-state index is 13.2. The summed E-state index contributed by atoms with van der Waals surface area (Å²) in [5.74, 6) is -1.18. The van der Waals surface area contributed by atoms with E-state index in [1.165, 1.54) is 12.1 Å². The Hall–Kier alpha value is -3.44. The topological polar surface area (TPSA) is 96.2 Å². The standard InChI is InChI=1S/C23H27FN4O3/c1-16-11-19(17(2)28(16)9-10-31-3)14-20(15-25)23(30)27-8-7-26-22(29)13-18-5-4-6-21(24)12-18/h4-6,11-12,14H,7-10,13H2,1-3H3,(H,26,29)(H,27,30)/b20-14-. The van der Waals surface area contributed by atoms with Gasteiger partial charge in [0.05, 0.1) is 13.0 Å². The summed E-state index contributed by atoms with van der Waals surface area (Å²) in [5.41, 5.74) is 3.31. The number of hydrogen-bond donors (Lipinski definition) is 2. The van der Waals surface area contributed by atoms with Gasteiger partial charge in [-0.2, -0.15) is 5.26 Å². The van der Waals surface area contributed by atoms with Gasteiger partial charge in [0.25, 0.3) is 5.91 Å². The van der Waals surface area contributed by atoms with Gasteiger partial charge in [-0.15, -0.1) is 0 Å². The minimum absolute atomic E-state index is 0.0157. The molecule has 0 saturated carbocycles. The van der Waals surface area contributed by atoms with E-state index in [-0.39, 0.29) is 31.0 Å². The Morgan fingerprint density at radius 2 is 1.97 bits per heavy atom. The quantitative estimate of drug-likeness (QED) is 0.346. The Kier molecular flexibility index (Phi) is 8.97. The van der Waals surface area contributed by atoms with Gasteiger partial charge in [0, 0.05) is 38.1 Å². The summed E-state index contributed by atoms with van der Waals surface area (Å²) >= 11 is 0. The van der Waals surface area contributed by atoms with Crippen molar-refractivity contribution in [1.29, 1.82) is 5.26 Å². The maximum Gasteiger partial charge on any atom is 0.262 e. The van der Waals surface area contributed by atoms with E-state index in [1.54, 1.807) is 25.3 Å². The first-order valence-electron chi connectivity index (χ1n) is 9.92. The van der Waals surface area contributed by atoms with Gasteiger partial charge in [-0.05, 0) is 49.2 Å². The molecule has 0 atom stereocenters. The predicted molar refractivity (Wildman–Crippen MR) is 115 cm³/mol. The summed E-state index contributed by atoms with van der Waals surface area (Å²) < 4.78 is 20.3. The lowest BCUT2D eigenvalue weighted by Gasteiger charge is -2.08. The van der Waals surface area contributed by atoms with Gasteiger partial charge >= 0.3 is 0 Å². The van der Waals surface area contributed by atoms with E-state index >= 15 is 0 Å². The highest BCUT2D eigenvalue weighted by Crippen LogP contribution is 2.18. The van der Waals surface area contributed by atoms with Gasteiger partial charge in [0.1, 0.15) is 17.5 Å². The molecule has 31 heavy (non-hydrogen) atoms. The van der Waals surface area contributed by atoms with Crippen molar-refractivity contribution in [3.63, 3.8) is 0 Å². The van der Waals surface area contributed by atoms with Crippen LogP contribution < -0.4 is 10.6 Å². The van der Waals surface area contributed by atoms with Crippen LogP contribution in [0.1, 0.15) is 22.5 Å². The molecule has 2 rings (SSSR count). The number of methoxy groups -OCH3 is 1. The number of amides is 2. The molecule has 2 aromatic rings. The molecule has 1 aromatic carbocycles. The Labute approximate surface area is 181 Å². The molecule has 0 radical (unpaired) electrons. The van der Waals surface area contributed by atoms with Gasteiger partial charge < -0.3 is 19.9 Å². The van der Waals surface area contributed by atoms with E-state index < -0.39 is 11.7 Å². The highest BCUT2D eigenvalue weighted by Gasteiger charge is 2.13. The average Bonchev–Trinajstić information content (AvgIpc) is 3.00. The number of carbonyl (C=O) groups excluding carboxylic acids is 2. The van der Waals surface area contributed by atoms with Crippen LogP contribution >= 0.6 is 0 Å². The molecule has 1 heterocycles. The minimum Gasteiger partial charge on any atom is -0.383 e. The minimum atomic E-state index is -0.511. The van der Waals surface area contributed by atoms with Gasteiger partial charge in [-0.1, -0.05) is 12.1 Å². The number of carbonyl (C=O) groups is 2. The first kappa shape index (κ1) is 23.8. The summed E-state index contributed by atoms with van der Waals surface area (Å²) in [5, 5.41) is 14.7. The van der Waals surface area contributed by atoms with Gasteiger partial charge in [-0.25, -0.2) is 4.39 Å². The Morgan fingerprint density at radius 3 is 2.65 bits per heavy atom. The normalized spacial score (nSPS) is 11.1. The number of benzene rings is 1. The van der Waals surface area contributed by atoms with E-state index in [0.29, 0.717) is 18.7 Å². The number of nitrogens with one attached hydrogen (secondary N) is 2. The molecular weight excluding hydrogens is 399 g/mol. The molecular formula is C23H27FN4O3. The predicted octanol–water partition coefficient (Wildman–Crippen LogP) is 2.27. The van der Waals surface area contributed by atoms with Crippen molar-refractivity contribution in [1.82, 2.24) is 15.2 Å². The first-order valence-corrected chi connectivity index (χ1v) is 9.92. The number of ether oxygens (including phenoxy) is 1. The summed E-state index contributed by atoms with van der Waals surface area (Å²) in [4.78, 5) is 24.3. The molecule has 0 aliphatic heterocycles. The van der Waals surface area contributed by atoms with Crippen molar-refractivity contribution in [3.05, 3.63) is 64.2 Å². The number of aromatic nitrogens is 1. The smallest absolute Gasteiger partial charge is 0.262 e. The van der Waals surface area contributed by atoms with E-state index in [1.807, 2.05) is 26.0 Å². The molecule has 8 heteroatoms. The Balaban J connectivity index is 1.88. The van der Waals surface area contributed by atoms with E-state index in [0.717, 1.165) is 17.0 Å². The van der Waals surface area contributed by atoms with Crippen molar-refractivity contribution >= 4 is 17.9 Å². The highest BCUT2D eigenvalue weighted by molar-refractivity contribution is 6.01. The molecule has 164 valence electrons. The fourth-order valence-corrected chi connectivity index (χ4v) is 3.17. The van der Waals surface area contributed by atoms with Gasteiger partial charge in [0.15, 0.2) is 0 Å². The lowest BCUT2D eigenvalue weighted by Crippen LogP contribution is -2.35. The SMILES string of the molecule is COCCn1c(C)cc(/C=C(/C#N)C(=O)NCCNC(=O)Cc2cccc(F)c2)c1C. The fraction of sp³-hybridized carbons (Fsp3) is 0.348. The molecule has 0 aliphatic rings. The van der Waals surface area contributed by atoms with Crippen molar-refractivity contribution in [2.24, 2.45) is 0 Å². The zero-order valence-corrected chi connectivity index (χ0v) is 18.0. The summed E-state index contributed by atoms with van der Waals surface area (Å²) in [6, 6.07) is 9.68. The lowest BCUT2D eigenvalue weighted by atomic mass is 10.1. The number of nitrogens with zero attached hydrogens (tertiary/aromatic N) is 2. The zero-order chi connectivity index (χ0) is 22.8. The second-order valence-electron chi connectivity index (χ2n) is 7.05. The second kappa shape index (κ2) is 11.7. The fourth-order valence-electron chi connectivity index (χ4n) is 3.17. The first-order chi connectivity index (χ1) is 14.8. The van der Waals surface area contributed by atoms with Gasteiger partial charge in [-0.3, -0.25) is 9.59 Å². The van der Waals surface area contributed by atoms with Crippen molar-refractivity contribution < 1.29 is 18.7 Å². The van der Waals surface area contributed by atoms with Crippen LogP contribution in [0, 0.1) is 31.0 Å². The lowest BCUT2D eigenvalue weighted by molar-refractivity contribution is -0.121. The van der Waals surface area contributed by atoms with E-state index in [4.69, 9.17) is 4.74 Å². The maximum atomic E-state index is 13.2. The average molecular weight is 426 g/mol. The van der Waals surface area contributed by atoms with Crippen LogP contribution in [0.15, 0.2) is 35.9 Å². The molecule has 0 aliphatic carbocycles. The molecule has 2 N–H and O–H groups in total. The molecule has 0 saturated heterocycles. The monoisotopic (exact) mass is 426 g/mol. The van der Waals surface area contributed by atoms with Crippen LogP contribution in [0.25, 0.3) is 6.08 Å². The summed E-state index contributed by atoms with van der Waals surface area (Å²) in [6.45, 7) is 5.50. The number of nitriles is 1. The van der Waals surface area contributed by atoms with Crippen molar-refractivity contribution in [2.75, 3.05) is 26.8 Å². The van der Waals surface area contributed by atoms with Crippen LogP contribution in [-0.2, 0) is 27.3 Å². The van der Waals surface area contributed by atoms with Crippen LogP contribution in [0.2, 0.25) is 0 Å². The van der Waals surface area contributed by atoms with Crippen LogP contribution in [-0.4, -0.2) is 43.2 Å². The van der Waals surface area contributed by atoms with Gasteiger partial charge in [0.2, 0.25) is 5.91 Å². The zero-order valence-electron chi connectivity index (χ0n) is 18.0. The van der Waals surface area contributed by atoms with E-state index in [2.05, 4.69) is 15.2 Å². The molecule has 0 unspecified atom stereocenters. The van der Waals surface area contributed by atoms with Crippen molar-refractivity contribution in [2.45, 2.75) is 26.8 Å². The third-order valence-corrected chi connectivity index (χ3v) is 4.78. The van der Waals surface area contributed by atoms with Crippen LogP contribution in [0.5, 0.6) is 0 Å². The molecule has 1 aromatic heterocycles. The molecule has 0 bridgehead atoms. The summed E-state index contributed by atoms with van der Waals surface area (Å²) in [6.07, 6.45) is 1.61. The molecule has 2 amide bonds. The Bertz CT molecular complexity index is 1000. The molecule has 0 fully saturated rings. The largest absolute Gasteiger partial charge is 0.383 e. The highest BCUT2D eigenvalue weighted by atomic mass is 19.1. The molecule has 7 nitrogen and oxygen atoms in total. The third kappa shape index (κ3) is 7.08. The second-order valence-corrected chi connectivity index (χ2v) is 7.05. The van der Waals surface area contributed by atoms with E-state index in [9.17, 15) is 19.2 Å².